The van der Waals surface area contributed by atoms with Gasteiger partial charge >= 0.3 is 0 Å². The van der Waals surface area contributed by atoms with Gasteiger partial charge in [0.15, 0.2) is 5.96 Å². The molecule has 6 heteroatoms. The Bertz CT molecular complexity index is 713. The molecule has 0 bridgehead atoms. The molecule has 1 fully saturated rings. The molecule has 0 aromatic carbocycles. The van der Waals surface area contributed by atoms with Crippen molar-refractivity contribution in [1.29, 1.82) is 0 Å². The van der Waals surface area contributed by atoms with Crippen molar-refractivity contribution in [2.45, 2.75) is 64.0 Å². The van der Waals surface area contributed by atoms with E-state index in [9.17, 15) is 5.11 Å². The van der Waals surface area contributed by atoms with Gasteiger partial charge in [0.2, 0.25) is 0 Å². The fraction of sp³-hybridized carbons (Fsp3) is 0.571. The standard InChI is InChI=1S/C21H31N3O3/c1-16-10-11-19(27-16)21(2,25)15-23-20(24-17-7-4-3-5-8-17)22-13-12-18-9-6-14-26-18/h6,9-11,14,17,25H,3-5,7-8,12-13,15H2,1-2H3,(H2,22,23,24). The fourth-order valence-corrected chi connectivity index (χ4v) is 3.39. The second-order valence-corrected chi connectivity index (χ2v) is 7.58. The van der Waals surface area contributed by atoms with Crippen LogP contribution < -0.4 is 10.6 Å². The smallest absolute Gasteiger partial charge is 0.191 e. The Balaban J connectivity index is 1.62. The first-order valence-corrected chi connectivity index (χ1v) is 9.89. The van der Waals surface area contributed by atoms with E-state index < -0.39 is 5.60 Å². The van der Waals surface area contributed by atoms with Gasteiger partial charge in [0.05, 0.1) is 12.8 Å². The molecule has 1 atom stereocenters. The molecule has 2 aromatic heterocycles. The number of nitrogens with one attached hydrogen (secondary N) is 2. The Labute approximate surface area is 161 Å². The number of hydrogen-bond acceptors (Lipinski definition) is 4. The Hall–Kier alpha value is -2.21. The summed E-state index contributed by atoms with van der Waals surface area (Å²) in [6.45, 7) is 4.54. The van der Waals surface area contributed by atoms with E-state index in [2.05, 4.69) is 15.6 Å². The molecule has 1 saturated carbocycles. The molecule has 0 saturated heterocycles. The van der Waals surface area contributed by atoms with E-state index in [4.69, 9.17) is 8.83 Å². The maximum absolute atomic E-state index is 10.8. The van der Waals surface area contributed by atoms with Gasteiger partial charge < -0.3 is 24.6 Å². The number of nitrogens with zero attached hydrogens (tertiary/aromatic N) is 1. The summed E-state index contributed by atoms with van der Waals surface area (Å²) in [6, 6.07) is 7.97. The van der Waals surface area contributed by atoms with Crippen LogP contribution in [0, 0.1) is 6.92 Å². The first-order chi connectivity index (χ1) is 13.0. The molecule has 27 heavy (non-hydrogen) atoms. The molecule has 2 heterocycles. The van der Waals surface area contributed by atoms with Crippen LogP contribution in [0.4, 0.5) is 0 Å². The summed E-state index contributed by atoms with van der Waals surface area (Å²) in [4.78, 5) is 4.65. The lowest BCUT2D eigenvalue weighted by molar-refractivity contribution is 0.0428. The Morgan fingerprint density at radius 2 is 2.07 bits per heavy atom. The molecule has 148 valence electrons. The highest BCUT2D eigenvalue weighted by Gasteiger charge is 2.27. The molecule has 2 aromatic rings. The quantitative estimate of drug-likeness (QED) is 0.511. The van der Waals surface area contributed by atoms with Crippen molar-refractivity contribution in [3.8, 4) is 0 Å². The minimum absolute atomic E-state index is 0.225. The molecule has 3 rings (SSSR count). The van der Waals surface area contributed by atoms with Gasteiger partial charge in [-0.05, 0) is 51.0 Å². The van der Waals surface area contributed by atoms with Crippen molar-refractivity contribution >= 4 is 5.96 Å². The minimum atomic E-state index is -1.14. The maximum Gasteiger partial charge on any atom is 0.191 e. The van der Waals surface area contributed by atoms with Gasteiger partial charge in [-0.3, -0.25) is 0 Å². The molecule has 3 N–H and O–H groups in total. The molecule has 1 unspecified atom stereocenters. The summed E-state index contributed by atoms with van der Waals surface area (Å²) in [6.07, 6.45) is 8.60. The van der Waals surface area contributed by atoms with Crippen LogP contribution in [0.1, 0.15) is 56.3 Å². The van der Waals surface area contributed by atoms with E-state index in [1.54, 1.807) is 13.2 Å². The molecule has 0 radical (unpaired) electrons. The lowest BCUT2D eigenvalue weighted by Gasteiger charge is -2.26. The number of hydrogen-bond donors (Lipinski definition) is 3. The van der Waals surface area contributed by atoms with Crippen LogP contribution in [0.2, 0.25) is 0 Å². The lowest BCUT2D eigenvalue weighted by Crippen LogP contribution is -2.45. The normalized spacial score (nSPS) is 18.3. The second-order valence-electron chi connectivity index (χ2n) is 7.58. The van der Waals surface area contributed by atoms with Gasteiger partial charge in [-0.1, -0.05) is 19.3 Å². The zero-order chi connectivity index (χ0) is 19.1. The van der Waals surface area contributed by atoms with Gasteiger partial charge in [-0.2, -0.15) is 0 Å². The molecule has 0 aliphatic heterocycles. The number of guanidine groups is 1. The predicted octanol–water partition coefficient (Wildman–Crippen LogP) is 3.50. The molecule has 1 aliphatic carbocycles. The van der Waals surface area contributed by atoms with Crippen molar-refractivity contribution in [2.24, 2.45) is 4.99 Å². The van der Waals surface area contributed by atoms with Gasteiger partial charge in [0, 0.05) is 19.0 Å². The van der Waals surface area contributed by atoms with Crippen LogP contribution >= 0.6 is 0 Å². The molecule has 0 amide bonds. The van der Waals surface area contributed by atoms with Crippen molar-refractivity contribution in [2.75, 3.05) is 13.1 Å². The third-order valence-electron chi connectivity index (χ3n) is 5.01. The number of furan rings is 2. The minimum Gasteiger partial charge on any atom is -0.469 e. The summed E-state index contributed by atoms with van der Waals surface area (Å²) in [5, 5.41) is 17.7. The van der Waals surface area contributed by atoms with Gasteiger partial charge in [0.1, 0.15) is 22.9 Å². The summed E-state index contributed by atoms with van der Waals surface area (Å²) >= 11 is 0. The summed E-state index contributed by atoms with van der Waals surface area (Å²) in [7, 11) is 0. The van der Waals surface area contributed by atoms with E-state index in [0.717, 1.165) is 36.7 Å². The highest BCUT2D eigenvalue weighted by Crippen LogP contribution is 2.23. The van der Waals surface area contributed by atoms with E-state index in [1.165, 1.54) is 19.3 Å². The summed E-state index contributed by atoms with van der Waals surface area (Å²) in [5.74, 6) is 3.00. The molecular formula is C21H31N3O3. The number of aliphatic imine (C=N–C) groups is 1. The third kappa shape index (κ3) is 5.89. The topological polar surface area (TPSA) is 82.9 Å². The largest absolute Gasteiger partial charge is 0.469 e. The number of aliphatic hydroxyl groups is 1. The Morgan fingerprint density at radius 1 is 1.26 bits per heavy atom. The van der Waals surface area contributed by atoms with Gasteiger partial charge in [0.25, 0.3) is 0 Å². The molecule has 1 aliphatic rings. The van der Waals surface area contributed by atoms with E-state index >= 15 is 0 Å². The summed E-state index contributed by atoms with van der Waals surface area (Å²) < 4.78 is 11.0. The van der Waals surface area contributed by atoms with E-state index in [0.29, 0.717) is 18.3 Å². The van der Waals surface area contributed by atoms with Gasteiger partial charge in [-0.25, -0.2) is 4.99 Å². The van der Waals surface area contributed by atoms with Crippen molar-refractivity contribution in [3.05, 3.63) is 47.8 Å². The average molecular weight is 373 g/mol. The highest BCUT2D eigenvalue weighted by atomic mass is 16.4. The number of rotatable bonds is 7. The monoisotopic (exact) mass is 373 g/mol. The van der Waals surface area contributed by atoms with E-state index in [1.807, 2.05) is 31.2 Å². The lowest BCUT2D eigenvalue weighted by atomic mass is 9.96. The second kappa shape index (κ2) is 9.13. The van der Waals surface area contributed by atoms with Crippen molar-refractivity contribution in [3.63, 3.8) is 0 Å². The van der Waals surface area contributed by atoms with Crippen molar-refractivity contribution < 1.29 is 13.9 Å². The van der Waals surface area contributed by atoms with Crippen LogP contribution in [0.3, 0.4) is 0 Å². The third-order valence-corrected chi connectivity index (χ3v) is 5.01. The first kappa shape index (κ1) is 19.5. The average Bonchev–Trinajstić information content (AvgIpc) is 3.32. The van der Waals surface area contributed by atoms with Crippen molar-refractivity contribution in [1.82, 2.24) is 10.6 Å². The zero-order valence-electron chi connectivity index (χ0n) is 16.3. The van der Waals surface area contributed by atoms with Crippen LogP contribution in [0.5, 0.6) is 0 Å². The molecule has 0 spiro atoms. The van der Waals surface area contributed by atoms with Crippen LogP contribution in [-0.4, -0.2) is 30.2 Å². The maximum atomic E-state index is 10.8. The SMILES string of the molecule is Cc1ccc(C(C)(O)CN=C(NCCc2ccco2)NC2CCCCC2)o1. The van der Waals surface area contributed by atoms with Crippen LogP contribution in [0.15, 0.2) is 44.4 Å². The Kier molecular flexibility index (Phi) is 6.61. The van der Waals surface area contributed by atoms with Crippen LogP contribution in [0.25, 0.3) is 0 Å². The summed E-state index contributed by atoms with van der Waals surface area (Å²) in [5.41, 5.74) is -1.14. The van der Waals surface area contributed by atoms with Gasteiger partial charge in [-0.15, -0.1) is 0 Å². The molecule has 6 nitrogen and oxygen atoms in total. The Morgan fingerprint density at radius 3 is 2.74 bits per heavy atom. The molecular weight excluding hydrogens is 342 g/mol. The predicted molar refractivity (Wildman–Crippen MR) is 106 cm³/mol. The first-order valence-electron chi connectivity index (χ1n) is 9.89. The van der Waals surface area contributed by atoms with E-state index in [-0.39, 0.29) is 6.54 Å². The van der Waals surface area contributed by atoms with Crippen LogP contribution in [-0.2, 0) is 12.0 Å². The zero-order valence-corrected chi connectivity index (χ0v) is 16.3. The fourth-order valence-electron chi connectivity index (χ4n) is 3.39. The number of aryl methyl sites for hydroxylation is 1. The highest BCUT2D eigenvalue weighted by molar-refractivity contribution is 5.80.